The highest BCUT2D eigenvalue weighted by atomic mass is 32.2. The highest BCUT2D eigenvalue weighted by molar-refractivity contribution is 7.99. The molecule has 6 heteroatoms. The van der Waals surface area contributed by atoms with Crippen LogP contribution in [0.4, 0.5) is 5.69 Å². The van der Waals surface area contributed by atoms with E-state index in [1.807, 2.05) is 17.8 Å². The number of nitrogens with one attached hydrogen (secondary N) is 3. The van der Waals surface area contributed by atoms with Gasteiger partial charge >= 0.3 is 0 Å². The van der Waals surface area contributed by atoms with Crippen LogP contribution in [0.3, 0.4) is 0 Å². The molecule has 1 aliphatic heterocycles. The first-order chi connectivity index (χ1) is 9.25. The Bertz CT molecular complexity index is 701. The van der Waals surface area contributed by atoms with E-state index in [1.54, 1.807) is 12.1 Å². The van der Waals surface area contributed by atoms with Crippen LogP contribution in [0.15, 0.2) is 27.8 Å². The Labute approximate surface area is 113 Å². The highest BCUT2D eigenvalue weighted by Gasteiger charge is 2.15. The zero-order valence-corrected chi connectivity index (χ0v) is 11.2. The maximum Gasteiger partial charge on any atom is 0.272 e. The number of anilines is 1. The lowest BCUT2D eigenvalue weighted by atomic mass is 10.1. The van der Waals surface area contributed by atoms with Crippen LogP contribution in [-0.4, -0.2) is 27.7 Å². The predicted octanol–water partition coefficient (Wildman–Crippen LogP) is 1.52. The Balaban J connectivity index is 2.06. The fourth-order valence-corrected chi connectivity index (χ4v) is 3.52. The Kier molecular flexibility index (Phi) is 3.33. The van der Waals surface area contributed by atoms with Gasteiger partial charge in [-0.3, -0.25) is 19.8 Å². The van der Waals surface area contributed by atoms with E-state index in [9.17, 15) is 9.59 Å². The smallest absolute Gasteiger partial charge is 0.272 e. The van der Waals surface area contributed by atoms with Crippen LogP contribution in [0.25, 0.3) is 10.8 Å². The quantitative estimate of drug-likeness (QED) is 0.778. The molecular weight excluding hydrogens is 262 g/mol. The number of thioether (sulfide) groups is 1. The molecule has 0 amide bonds. The maximum atomic E-state index is 11.9. The van der Waals surface area contributed by atoms with Gasteiger partial charge in [0.05, 0.1) is 10.8 Å². The molecule has 100 valence electrons. The molecule has 5 nitrogen and oxygen atoms in total. The second kappa shape index (κ2) is 5.13. The molecular formula is C13H15N3O2S. The molecule has 2 heterocycles. The maximum absolute atomic E-state index is 11.9. The number of aromatic amines is 2. The first-order valence-corrected chi connectivity index (χ1v) is 7.49. The molecule has 0 atom stereocenters. The van der Waals surface area contributed by atoms with Gasteiger partial charge in [0.15, 0.2) is 0 Å². The average molecular weight is 277 g/mol. The summed E-state index contributed by atoms with van der Waals surface area (Å²) < 4.78 is 0. The molecule has 1 saturated heterocycles. The van der Waals surface area contributed by atoms with E-state index >= 15 is 0 Å². The molecule has 1 aliphatic rings. The Morgan fingerprint density at radius 1 is 1.11 bits per heavy atom. The molecule has 1 aromatic heterocycles. The summed E-state index contributed by atoms with van der Waals surface area (Å²) in [6.07, 6.45) is 2.17. The number of hydrogen-bond donors (Lipinski definition) is 3. The van der Waals surface area contributed by atoms with Gasteiger partial charge in [0.1, 0.15) is 0 Å². The normalized spacial score (nSPS) is 16.6. The van der Waals surface area contributed by atoms with Crippen molar-refractivity contribution in [3.8, 4) is 0 Å². The first kappa shape index (κ1) is 12.3. The standard InChI is InChI=1S/C13H15N3O2S/c17-12-9-2-1-3-10(11(9)13(18)16-15-12)14-8-4-6-19-7-5-8/h1-3,8,14H,4-7H2,(H,15,17)(H,16,18). The topological polar surface area (TPSA) is 77.8 Å². The summed E-state index contributed by atoms with van der Waals surface area (Å²) in [5, 5.41) is 9.02. The summed E-state index contributed by atoms with van der Waals surface area (Å²) >= 11 is 1.96. The van der Waals surface area contributed by atoms with Gasteiger partial charge < -0.3 is 5.32 Å². The number of H-pyrrole nitrogens is 2. The molecule has 19 heavy (non-hydrogen) atoms. The number of rotatable bonds is 2. The predicted molar refractivity (Wildman–Crippen MR) is 79.2 cm³/mol. The molecule has 0 saturated carbocycles. The Morgan fingerprint density at radius 2 is 1.84 bits per heavy atom. The van der Waals surface area contributed by atoms with Gasteiger partial charge in [-0.15, -0.1) is 0 Å². The van der Waals surface area contributed by atoms with Crippen molar-refractivity contribution >= 4 is 28.2 Å². The van der Waals surface area contributed by atoms with Gasteiger partial charge in [0.2, 0.25) is 0 Å². The van der Waals surface area contributed by atoms with E-state index in [1.165, 1.54) is 0 Å². The van der Waals surface area contributed by atoms with E-state index in [-0.39, 0.29) is 11.1 Å². The van der Waals surface area contributed by atoms with Gasteiger partial charge in [-0.25, -0.2) is 0 Å². The fourth-order valence-electron chi connectivity index (χ4n) is 2.41. The van der Waals surface area contributed by atoms with Crippen LogP contribution in [0, 0.1) is 0 Å². The summed E-state index contributed by atoms with van der Waals surface area (Å²) in [6, 6.07) is 5.71. The summed E-state index contributed by atoms with van der Waals surface area (Å²) in [5.41, 5.74) is 0.224. The highest BCUT2D eigenvalue weighted by Crippen LogP contribution is 2.23. The molecule has 1 fully saturated rings. The van der Waals surface area contributed by atoms with E-state index in [0.717, 1.165) is 30.0 Å². The van der Waals surface area contributed by atoms with Gasteiger partial charge in [-0.2, -0.15) is 11.8 Å². The molecule has 0 unspecified atom stereocenters. The minimum atomic E-state index is -0.266. The third kappa shape index (κ3) is 2.40. The van der Waals surface area contributed by atoms with Crippen molar-refractivity contribution in [2.24, 2.45) is 0 Å². The van der Waals surface area contributed by atoms with E-state index < -0.39 is 0 Å². The molecule has 3 rings (SSSR count). The Morgan fingerprint density at radius 3 is 2.63 bits per heavy atom. The first-order valence-electron chi connectivity index (χ1n) is 6.33. The zero-order chi connectivity index (χ0) is 13.2. The van der Waals surface area contributed by atoms with E-state index in [4.69, 9.17) is 0 Å². The van der Waals surface area contributed by atoms with Gasteiger partial charge in [0, 0.05) is 11.7 Å². The monoisotopic (exact) mass is 277 g/mol. The lowest BCUT2D eigenvalue weighted by molar-refractivity contribution is 0.667. The van der Waals surface area contributed by atoms with Crippen molar-refractivity contribution in [2.75, 3.05) is 16.8 Å². The molecule has 0 aliphatic carbocycles. The van der Waals surface area contributed by atoms with Crippen LogP contribution in [0.2, 0.25) is 0 Å². The molecule has 1 aromatic carbocycles. The molecule has 2 aromatic rings. The lowest BCUT2D eigenvalue weighted by Crippen LogP contribution is -2.26. The second-order valence-electron chi connectivity index (χ2n) is 4.67. The van der Waals surface area contributed by atoms with Crippen LogP contribution < -0.4 is 16.4 Å². The van der Waals surface area contributed by atoms with Gasteiger partial charge in [-0.05, 0) is 36.5 Å². The summed E-state index contributed by atoms with van der Waals surface area (Å²) in [5.74, 6) is 2.28. The van der Waals surface area contributed by atoms with Crippen LogP contribution in [0.1, 0.15) is 12.8 Å². The lowest BCUT2D eigenvalue weighted by Gasteiger charge is -2.24. The van der Waals surface area contributed by atoms with Crippen molar-refractivity contribution < 1.29 is 0 Å². The van der Waals surface area contributed by atoms with Crippen LogP contribution >= 0.6 is 11.8 Å². The largest absolute Gasteiger partial charge is 0.382 e. The number of aromatic nitrogens is 2. The van der Waals surface area contributed by atoms with Crippen LogP contribution in [-0.2, 0) is 0 Å². The molecule has 0 spiro atoms. The van der Waals surface area contributed by atoms with Crippen molar-refractivity contribution in [3.63, 3.8) is 0 Å². The number of hydrogen-bond acceptors (Lipinski definition) is 4. The molecule has 3 N–H and O–H groups in total. The molecule has 0 bridgehead atoms. The molecule has 0 radical (unpaired) electrons. The third-order valence-electron chi connectivity index (χ3n) is 3.41. The number of fused-ring (bicyclic) bond motifs is 1. The summed E-state index contributed by atoms with van der Waals surface area (Å²) in [4.78, 5) is 23.6. The van der Waals surface area contributed by atoms with E-state index in [2.05, 4.69) is 15.5 Å². The number of benzene rings is 1. The van der Waals surface area contributed by atoms with Crippen molar-refractivity contribution in [1.82, 2.24) is 10.2 Å². The summed E-state index contributed by atoms with van der Waals surface area (Å²) in [6.45, 7) is 0. The minimum Gasteiger partial charge on any atom is -0.382 e. The van der Waals surface area contributed by atoms with Crippen molar-refractivity contribution in [1.29, 1.82) is 0 Å². The zero-order valence-electron chi connectivity index (χ0n) is 10.4. The SMILES string of the molecule is O=c1[nH][nH]c(=O)c2c(NC3CCSCC3)cccc12. The van der Waals surface area contributed by atoms with Gasteiger partial charge in [0.25, 0.3) is 11.1 Å². The van der Waals surface area contributed by atoms with Gasteiger partial charge in [-0.1, -0.05) is 6.07 Å². The van der Waals surface area contributed by atoms with Crippen LogP contribution in [0.5, 0.6) is 0 Å². The van der Waals surface area contributed by atoms with Crippen molar-refractivity contribution in [2.45, 2.75) is 18.9 Å². The minimum absolute atomic E-state index is 0.261. The Hall–Kier alpha value is -1.69. The van der Waals surface area contributed by atoms with E-state index in [0.29, 0.717) is 16.8 Å². The average Bonchev–Trinajstić information content (AvgIpc) is 2.44. The summed E-state index contributed by atoms with van der Waals surface area (Å²) in [7, 11) is 0. The van der Waals surface area contributed by atoms with Crippen molar-refractivity contribution in [3.05, 3.63) is 38.9 Å². The third-order valence-corrected chi connectivity index (χ3v) is 4.46. The second-order valence-corrected chi connectivity index (χ2v) is 5.89. The fraction of sp³-hybridized carbons (Fsp3) is 0.385.